The van der Waals surface area contributed by atoms with E-state index in [-0.39, 0.29) is 21.7 Å². The van der Waals surface area contributed by atoms with Gasteiger partial charge in [0.25, 0.3) is 0 Å². The Morgan fingerprint density at radius 3 is 1.69 bits per heavy atom. The number of rotatable bonds is 5. The molecule has 0 spiro atoms. The van der Waals surface area contributed by atoms with Crippen molar-refractivity contribution in [2.24, 2.45) is 0 Å². The summed E-state index contributed by atoms with van der Waals surface area (Å²) in [7, 11) is 3.30. The molecule has 0 rings (SSSR count). The summed E-state index contributed by atoms with van der Waals surface area (Å²) in [5.41, 5.74) is 3.96. The summed E-state index contributed by atoms with van der Waals surface area (Å²) >= 11 is 0. The third kappa shape index (κ3) is 4.97. The first kappa shape index (κ1) is 18.5. The van der Waals surface area contributed by atoms with Crippen molar-refractivity contribution in [1.82, 2.24) is 4.90 Å². The first-order valence-electron chi connectivity index (χ1n) is 5.96. The Morgan fingerprint density at radius 2 is 1.50 bits per heavy atom. The molecule has 0 atom stereocenters. The van der Waals surface area contributed by atoms with Gasteiger partial charge in [-0.05, 0) is 52.7 Å². The van der Waals surface area contributed by atoms with E-state index in [4.69, 9.17) is 0 Å². The van der Waals surface area contributed by atoms with E-state index in [1.807, 2.05) is 0 Å². The van der Waals surface area contributed by atoms with Gasteiger partial charge >= 0.3 is 0 Å². The van der Waals surface area contributed by atoms with Gasteiger partial charge in [-0.25, -0.2) is 0 Å². The van der Waals surface area contributed by atoms with Crippen LogP contribution in [0, 0.1) is 0 Å². The van der Waals surface area contributed by atoms with Crippen LogP contribution >= 0.6 is 0 Å². The van der Waals surface area contributed by atoms with Crippen LogP contribution in [0.3, 0.4) is 0 Å². The van der Waals surface area contributed by atoms with Crippen LogP contribution in [0.25, 0.3) is 0 Å². The summed E-state index contributed by atoms with van der Waals surface area (Å²) in [5.74, 6) is 0. The number of nitrogens with zero attached hydrogens (tertiary/aromatic N) is 1. The van der Waals surface area contributed by atoms with Crippen molar-refractivity contribution < 1.29 is 21.7 Å². The smallest absolute Gasteiger partial charge is 0.140 e. The summed E-state index contributed by atoms with van der Waals surface area (Å²) in [5, 5.41) is 0. The van der Waals surface area contributed by atoms with Gasteiger partial charge in [0.15, 0.2) is 0 Å². The molecule has 0 aliphatic heterocycles. The van der Waals surface area contributed by atoms with Gasteiger partial charge in [0, 0.05) is 33.8 Å². The zero-order chi connectivity index (χ0) is 12.2. The second-order valence-corrected chi connectivity index (χ2v) is 4.80. The molecule has 4 heteroatoms. The van der Waals surface area contributed by atoms with Crippen LogP contribution in [0.2, 0.25) is 0 Å². The van der Waals surface area contributed by atoms with Crippen molar-refractivity contribution in [1.29, 1.82) is 0 Å². The van der Waals surface area contributed by atoms with E-state index in [0.717, 1.165) is 7.17 Å². The van der Waals surface area contributed by atoms with Crippen molar-refractivity contribution in [2.75, 3.05) is 0 Å². The summed E-state index contributed by atoms with van der Waals surface area (Å²) in [6.45, 7) is 17.3. The molecule has 0 saturated heterocycles. The van der Waals surface area contributed by atoms with E-state index in [0.29, 0.717) is 12.1 Å². The molecular formula is C12H25B2NTi. The van der Waals surface area contributed by atoms with E-state index >= 15 is 0 Å². The quantitative estimate of drug-likeness (QED) is 0.534. The molecule has 0 unspecified atom stereocenters. The van der Waals surface area contributed by atoms with Gasteiger partial charge < -0.3 is 4.90 Å². The molecule has 0 bridgehead atoms. The summed E-state index contributed by atoms with van der Waals surface area (Å²) in [6, 6.07) is 1.10. The average molecular weight is 253 g/mol. The fourth-order valence-electron chi connectivity index (χ4n) is 2.11. The normalized spacial score (nSPS) is 12.0. The third-order valence-electron chi connectivity index (χ3n) is 2.83. The van der Waals surface area contributed by atoms with Crippen LogP contribution < -0.4 is 0 Å². The molecule has 0 aliphatic carbocycles. The molecule has 0 heterocycles. The topological polar surface area (TPSA) is 3.24 Å². The van der Waals surface area contributed by atoms with E-state index in [2.05, 4.69) is 60.8 Å². The minimum atomic E-state index is 0. The van der Waals surface area contributed by atoms with Crippen LogP contribution in [-0.4, -0.2) is 31.9 Å². The first-order valence-corrected chi connectivity index (χ1v) is 5.96. The van der Waals surface area contributed by atoms with Crippen molar-refractivity contribution >= 4 is 14.9 Å². The molecule has 0 N–H and O–H groups in total. The van der Waals surface area contributed by atoms with Crippen LogP contribution in [0.5, 0.6) is 0 Å². The fourth-order valence-corrected chi connectivity index (χ4v) is 2.11. The second-order valence-electron chi connectivity index (χ2n) is 4.80. The van der Waals surface area contributed by atoms with E-state index in [1.165, 1.54) is 16.7 Å². The predicted octanol–water partition coefficient (Wildman–Crippen LogP) is 1.89. The second kappa shape index (κ2) is 8.25. The van der Waals surface area contributed by atoms with Gasteiger partial charge in [-0.2, -0.15) is 0 Å². The van der Waals surface area contributed by atoms with Gasteiger partial charge in [-0.15, -0.1) is 0 Å². The first-order chi connectivity index (χ1) is 6.82. The molecule has 0 saturated carbocycles. The van der Waals surface area contributed by atoms with Gasteiger partial charge in [-0.3, -0.25) is 0 Å². The Morgan fingerprint density at radius 1 is 1.12 bits per heavy atom. The predicted molar refractivity (Wildman–Crippen MR) is 75.3 cm³/mol. The van der Waals surface area contributed by atoms with Gasteiger partial charge in [-0.1, -0.05) is 12.2 Å². The van der Waals surface area contributed by atoms with Crippen molar-refractivity contribution in [2.45, 2.75) is 53.6 Å². The summed E-state index contributed by atoms with van der Waals surface area (Å²) in [6.07, 6.45) is 0. The van der Waals surface area contributed by atoms with Crippen LogP contribution in [0.1, 0.15) is 41.5 Å². The molecule has 0 aliphatic rings. The Hall–Kier alpha value is 0.124. The molecule has 0 aromatic carbocycles. The van der Waals surface area contributed by atoms with Crippen molar-refractivity contribution in [3.8, 4) is 0 Å². The minimum absolute atomic E-state index is 0. The zero-order valence-corrected chi connectivity index (χ0v) is 13.6. The van der Waals surface area contributed by atoms with Crippen molar-refractivity contribution in [3.63, 3.8) is 0 Å². The number of hydrogen-bond donors (Lipinski definition) is 0. The molecule has 1 nitrogen and oxygen atoms in total. The molecule has 0 radical (unpaired) electrons. The molecular weight excluding hydrogens is 228 g/mol. The molecule has 16 heavy (non-hydrogen) atoms. The van der Waals surface area contributed by atoms with E-state index in [9.17, 15) is 0 Å². The molecule has 0 amide bonds. The minimum Gasteiger partial charge on any atom is -0.379 e. The van der Waals surface area contributed by atoms with Crippen molar-refractivity contribution in [3.05, 3.63) is 23.3 Å². The number of hydrogen-bond acceptors (Lipinski definition) is 1. The van der Waals surface area contributed by atoms with Crippen LogP contribution in [-0.2, 0) is 21.7 Å². The Kier molecular flexibility index (Phi) is 9.53. The standard InChI is InChI=1S/C12H25B2N.Ti/c1-8(2)11(7)12(14-13)15(9(3)4)10(5)6;/h9-10,14H,1,13H2,2-7H3;. The van der Waals surface area contributed by atoms with E-state index < -0.39 is 0 Å². The monoisotopic (exact) mass is 253 g/mol. The molecule has 0 fully saturated rings. The molecule has 0 aromatic rings. The summed E-state index contributed by atoms with van der Waals surface area (Å²) in [4.78, 5) is 2.49. The fraction of sp³-hybridized carbons (Fsp3) is 0.667. The zero-order valence-electron chi connectivity index (χ0n) is 12.0. The van der Waals surface area contributed by atoms with Gasteiger partial charge in [0.05, 0.1) is 7.74 Å². The van der Waals surface area contributed by atoms with Crippen LogP contribution in [0.4, 0.5) is 0 Å². The Labute approximate surface area is 118 Å². The maximum Gasteiger partial charge on any atom is 0.140 e. The number of allylic oxidation sites excluding steroid dienone is 2. The van der Waals surface area contributed by atoms with Crippen LogP contribution in [0.15, 0.2) is 23.3 Å². The Bertz CT molecular complexity index is 252. The molecule has 0 aromatic heterocycles. The largest absolute Gasteiger partial charge is 0.379 e. The average Bonchev–Trinajstić information content (AvgIpc) is 2.10. The van der Waals surface area contributed by atoms with Gasteiger partial charge in [0.2, 0.25) is 0 Å². The Balaban J connectivity index is 0. The SMILES string of the molecule is BBC(=C(C)C(=C)C)N(C(C)C)C(C)C.[Ti]. The maximum atomic E-state index is 4.04. The maximum absolute atomic E-state index is 4.04. The third-order valence-corrected chi connectivity index (χ3v) is 2.83. The molecule has 88 valence electrons. The van der Waals surface area contributed by atoms with E-state index in [1.54, 1.807) is 0 Å². The van der Waals surface area contributed by atoms with Gasteiger partial charge in [0.1, 0.15) is 7.17 Å². The summed E-state index contributed by atoms with van der Waals surface area (Å²) < 4.78 is 0.